The Bertz CT molecular complexity index is 431. The van der Waals surface area contributed by atoms with Gasteiger partial charge in [0, 0.05) is 18.3 Å². The van der Waals surface area contributed by atoms with Crippen molar-refractivity contribution in [3.05, 3.63) is 16.1 Å². The van der Waals surface area contributed by atoms with Crippen molar-refractivity contribution in [3.63, 3.8) is 0 Å². The third kappa shape index (κ3) is 5.83. The molecule has 5 nitrogen and oxygen atoms in total. The molecule has 1 heterocycles. The van der Waals surface area contributed by atoms with Gasteiger partial charge in [-0.05, 0) is 26.2 Å². The number of carboxylic acids is 1. The van der Waals surface area contributed by atoms with Gasteiger partial charge in [-0.25, -0.2) is 4.98 Å². The number of carbonyl (C=O) groups is 2. The number of hydrogen-bond donors (Lipinski definition) is 1. The van der Waals surface area contributed by atoms with E-state index in [-0.39, 0.29) is 12.5 Å². The molecule has 0 aliphatic carbocycles. The molecule has 0 aliphatic heterocycles. The van der Waals surface area contributed by atoms with E-state index in [2.05, 4.69) is 4.98 Å². The fourth-order valence-electron chi connectivity index (χ4n) is 1.83. The molecule has 1 N–H and O–H groups in total. The van der Waals surface area contributed by atoms with Crippen LogP contribution in [0.15, 0.2) is 5.38 Å². The highest BCUT2D eigenvalue weighted by Gasteiger charge is 2.15. The molecule has 0 spiro atoms. The molecular weight excluding hydrogens is 264 g/mol. The van der Waals surface area contributed by atoms with E-state index in [1.165, 1.54) is 4.90 Å². The van der Waals surface area contributed by atoms with Crippen LogP contribution in [0.4, 0.5) is 0 Å². The molecule has 1 aromatic rings. The third-order valence-electron chi connectivity index (χ3n) is 2.66. The smallest absolute Gasteiger partial charge is 0.323 e. The first-order valence-electron chi connectivity index (χ1n) is 6.43. The zero-order valence-corrected chi connectivity index (χ0v) is 12.2. The van der Waals surface area contributed by atoms with Gasteiger partial charge in [-0.3, -0.25) is 9.59 Å². The van der Waals surface area contributed by atoms with Crippen molar-refractivity contribution in [3.8, 4) is 0 Å². The molecule has 1 aromatic heterocycles. The van der Waals surface area contributed by atoms with E-state index in [0.717, 1.165) is 23.5 Å². The maximum atomic E-state index is 11.9. The van der Waals surface area contributed by atoms with Gasteiger partial charge < -0.3 is 10.0 Å². The van der Waals surface area contributed by atoms with Crippen molar-refractivity contribution >= 4 is 23.2 Å². The summed E-state index contributed by atoms with van der Waals surface area (Å²) in [6, 6.07) is 0. The predicted molar refractivity (Wildman–Crippen MR) is 74.3 cm³/mol. The molecular formula is C13H20N2O3S. The molecule has 0 unspecified atom stereocenters. The molecule has 1 amide bonds. The molecule has 106 valence electrons. The average Bonchev–Trinajstić information content (AvgIpc) is 2.74. The lowest BCUT2D eigenvalue weighted by Crippen LogP contribution is -2.36. The molecule has 0 atom stereocenters. The van der Waals surface area contributed by atoms with Crippen LogP contribution >= 0.6 is 11.3 Å². The standard InChI is InChI=1S/C13H20N2O3S/c1-3-7-15(8-13(17)18)12(16)6-4-5-11-9-19-10(2)14-11/h9H,3-8H2,1-2H3,(H,17,18). The van der Waals surface area contributed by atoms with E-state index in [1.807, 2.05) is 19.2 Å². The normalized spacial score (nSPS) is 10.4. The minimum atomic E-state index is -0.961. The summed E-state index contributed by atoms with van der Waals surface area (Å²) in [7, 11) is 0. The Hall–Kier alpha value is -1.43. The SMILES string of the molecule is CCCN(CC(=O)O)C(=O)CCCc1csc(C)n1. The van der Waals surface area contributed by atoms with Crippen molar-refractivity contribution in [1.82, 2.24) is 9.88 Å². The summed E-state index contributed by atoms with van der Waals surface area (Å²) in [5.74, 6) is -1.05. The van der Waals surface area contributed by atoms with Gasteiger partial charge in [-0.2, -0.15) is 0 Å². The number of aryl methyl sites for hydroxylation is 2. The van der Waals surface area contributed by atoms with Crippen LogP contribution in [-0.4, -0.2) is 40.0 Å². The maximum absolute atomic E-state index is 11.9. The van der Waals surface area contributed by atoms with Gasteiger partial charge in [-0.15, -0.1) is 11.3 Å². The van der Waals surface area contributed by atoms with Crippen LogP contribution in [0.1, 0.15) is 36.9 Å². The number of nitrogens with zero attached hydrogens (tertiary/aromatic N) is 2. The topological polar surface area (TPSA) is 70.5 Å². The van der Waals surface area contributed by atoms with Crippen LogP contribution in [0.5, 0.6) is 0 Å². The van der Waals surface area contributed by atoms with Gasteiger partial charge in [0.25, 0.3) is 0 Å². The highest BCUT2D eigenvalue weighted by molar-refractivity contribution is 7.09. The second kappa shape index (κ2) is 7.89. The molecule has 0 aromatic carbocycles. The van der Waals surface area contributed by atoms with Gasteiger partial charge in [-0.1, -0.05) is 6.92 Å². The van der Waals surface area contributed by atoms with Gasteiger partial charge >= 0.3 is 5.97 Å². The summed E-state index contributed by atoms with van der Waals surface area (Å²) >= 11 is 1.60. The zero-order chi connectivity index (χ0) is 14.3. The Morgan fingerprint density at radius 1 is 1.47 bits per heavy atom. The molecule has 0 aliphatic rings. The van der Waals surface area contributed by atoms with E-state index in [0.29, 0.717) is 19.4 Å². The Morgan fingerprint density at radius 2 is 2.21 bits per heavy atom. The summed E-state index contributed by atoms with van der Waals surface area (Å²) < 4.78 is 0. The number of hydrogen-bond acceptors (Lipinski definition) is 4. The van der Waals surface area contributed by atoms with Crippen LogP contribution in [0.2, 0.25) is 0 Å². The van der Waals surface area contributed by atoms with E-state index in [1.54, 1.807) is 11.3 Å². The minimum Gasteiger partial charge on any atom is -0.480 e. The van der Waals surface area contributed by atoms with Crippen molar-refractivity contribution in [2.75, 3.05) is 13.1 Å². The maximum Gasteiger partial charge on any atom is 0.323 e. The van der Waals surface area contributed by atoms with Crippen molar-refractivity contribution < 1.29 is 14.7 Å². The summed E-state index contributed by atoms with van der Waals surface area (Å²) in [6.07, 6.45) is 2.62. The van der Waals surface area contributed by atoms with Crippen LogP contribution in [0, 0.1) is 6.92 Å². The van der Waals surface area contributed by atoms with E-state index < -0.39 is 5.97 Å². The van der Waals surface area contributed by atoms with E-state index >= 15 is 0 Å². The number of aliphatic carboxylic acids is 1. The molecule has 0 saturated heterocycles. The highest BCUT2D eigenvalue weighted by atomic mass is 32.1. The Kier molecular flexibility index (Phi) is 6.49. The van der Waals surface area contributed by atoms with Crippen LogP contribution in [-0.2, 0) is 16.0 Å². The quantitative estimate of drug-likeness (QED) is 0.793. The highest BCUT2D eigenvalue weighted by Crippen LogP contribution is 2.11. The van der Waals surface area contributed by atoms with Crippen LogP contribution < -0.4 is 0 Å². The Morgan fingerprint density at radius 3 is 2.74 bits per heavy atom. The van der Waals surface area contributed by atoms with Crippen molar-refractivity contribution in [2.24, 2.45) is 0 Å². The first kappa shape index (κ1) is 15.6. The number of amides is 1. The number of aromatic nitrogens is 1. The lowest BCUT2D eigenvalue weighted by Gasteiger charge is -2.19. The second-order valence-corrected chi connectivity index (χ2v) is 5.48. The molecule has 19 heavy (non-hydrogen) atoms. The monoisotopic (exact) mass is 284 g/mol. The lowest BCUT2D eigenvalue weighted by atomic mass is 10.2. The largest absolute Gasteiger partial charge is 0.480 e. The Labute approximate surface area is 117 Å². The number of rotatable bonds is 8. The predicted octanol–water partition coefficient (Wildman–Crippen LogP) is 2.10. The fourth-order valence-corrected chi connectivity index (χ4v) is 2.47. The van der Waals surface area contributed by atoms with Gasteiger partial charge in [0.05, 0.1) is 10.7 Å². The average molecular weight is 284 g/mol. The molecule has 0 radical (unpaired) electrons. The first-order valence-corrected chi connectivity index (χ1v) is 7.31. The first-order chi connectivity index (χ1) is 9.02. The molecule has 0 fully saturated rings. The second-order valence-electron chi connectivity index (χ2n) is 4.42. The lowest BCUT2D eigenvalue weighted by molar-refractivity contribution is -0.144. The molecule has 1 rings (SSSR count). The third-order valence-corrected chi connectivity index (χ3v) is 3.48. The van der Waals surface area contributed by atoms with Crippen LogP contribution in [0.3, 0.4) is 0 Å². The summed E-state index contributed by atoms with van der Waals surface area (Å²) in [6.45, 7) is 4.18. The number of thiazole rings is 1. The molecule has 6 heteroatoms. The van der Waals surface area contributed by atoms with E-state index in [4.69, 9.17) is 5.11 Å². The molecule has 0 saturated carbocycles. The van der Waals surface area contributed by atoms with Gasteiger partial charge in [0.2, 0.25) is 5.91 Å². The van der Waals surface area contributed by atoms with Gasteiger partial charge in [0.1, 0.15) is 6.54 Å². The van der Waals surface area contributed by atoms with Crippen molar-refractivity contribution in [1.29, 1.82) is 0 Å². The Balaban J connectivity index is 2.37. The summed E-state index contributed by atoms with van der Waals surface area (Å²) in [4.78, 5) is 28.3. The minimum absolute atomic E-state index is 0.0869. The fraction of sp³-hybridized carbons (Fsp3) is 0.615. The summed E-state index contributed by atoms with van der Waals surface area (Å²) in [5.41, 5.74) is 1.01. The zero-order valence-electron chi connectivity index (χ0n) is 11.4. The van der Waals surface area contributed by atoms with Crippen LogP contribution in [0.25, 0.3) is 0 Å². The van der Waals surface area contributed by atoms with Crippen molar-refractivity contribution in [2.45, 2.75) is 39.5 Å². The number of carboxylic acid groups (broad SMARTS) is 1. The number of carbonyl (C=O) groups excluding carboxylic acids is 1. The summed E-state index contributed by atoms with van der Waals surface area (Å²) in [5, 5.41) is 11.8. The van der Waals surface area contributed by atoms with Gasteiger partial charge in [0.15, 0.2) is 0 Å². The molecule has 0 bridgehead atoms. The van der Waals surface area contributed by atoms with E-state index in [9.17, 15) is 9.59 Å².